The molecule has 39 heavy (non-hydrogen) atoms. The number of hydrogen-bond donors (Lipinski definition) is 0. The van der Waals surface area contributed by atoms with Gasteiger partial charge in [0.1, 0.15) is 11.5 Å². The highest BCUT2D eigenvalue weighted by Gasteiger charge is 2.41. The molecule has 0 saturated heterocycles. The number of nitrogens with zero attached hydrogens (tertiary/aromatic N) is 3. The first-order chi connectivity index (χ1) is 19.1. The number of benzene rings is 3. The molecule has 4 heteroatoms. The molecule has 3 aromatic carbocycles. The number of rotatable bonds is 9. The maximum absolute atomic E-state index is 9.28. The van der Waals surface area contributed by atoms with Crippen LogP contribution in [0.2, 0.25) is 0 Å². The van der Waals surface area contributed by atoms with Crippen molar-refractivity contribution in [3.8, 4) is 45.9 Å². The lowest BCUT2D eigenvalue weighted by Crippen LogP contribution is -2.32. The van der Waals surface area contributed by atoms with Crippen LogP contribution in [-0.2, 0) is 5.41 Å². The highest BCUT2D eigenvalue weighted by atomic mass is 16.5. The largest absolute Gasteiger partial charge is 0.457 e. The molecule has 2 heterocycles. The van der Waals surface area contributed by atoms with Crippen molar-refractivity contribution in [2.75, 3.05) is 0 Å². The summed E-state index contributed by atoms with van der Waals surface area (Å²) in [6.45, 7) is 4.52. The molecule has 4 nitrogen and oxygen atoms in total. The molecule has 0 atom stereocenters. The normalized spacial score (nSPS) is 13.1. The lowest BCUT2D eigenvalue weighted by Gasteiger charge is -2.41. The van der Waals surface area contributed by atoms with E-state index in [9.17, 15) is 10.5 Å². The average Bonchev–Trinajstić information content (AvgIpc) is 3.00. The molecule has 5 rings (SSSR count). The minimum Gasteiger partial charge on any atom is -0.457 e. The van der Waals surface area contributed by atoms with Crippen molar-refractivity contribution in [1.29, 1.82) is 10.5 Å². The standard InChI is InChI=1S/C35H33N3O/c1-3-5-17-35(18-6-4-2)31-21-28(25-7-9-26(10-8-25)30(23-36)24-37)11-13-33(31)39-34-14-12-29(22-32(34)35)27-15-19-38-20-16-27/h7-16,19-22,30H,3-6,17-18H2,1-2H3. The first-order valence-corrected chi connectivity index (χ1v) is 13.9. The van der Waals surface area contributed by atoms with Crippen LogP contribution in [-0.4, -0.2) is 4.98 Å². The summed E-state index contributed by atoms with van der Waals surface area (Å²) in [7, 11) is 0. The van der Waals surface area contributed by atoms with E-state index in [2.05, 4.69) is 79.5 Å². The Hall–Kier alpha value is -4.41. The third-order valence-corrected chi connectivity index (χ3v) is 7.97. The highest BCUT2D eigenvalue weighted by Crippen LogP contribution is 2.54. The Balaban J connectivity index is 1.65. The molecule has 0 aliphatic carbocycles. The molecule has 1 aliphatic rings. The molecule has 0 amide bonds. The number of fused-ring (bicyclic) bond motifs is 2. The second-order valence-electron chi connectivity index (χ2n) is 10.4. The molecule has 0 radical (unpaired) electrons. The Morgan fingerprint density at radius 2 is 1.18 bits per heavy atom. The van der Waals surface area contributed by atoms with Crippen molar-refractivity contribution in [2.45, 2.75) is 63.7 Å². The van der Waals surface area contributed by atoms with Gasteiger partial charge in [-0.05, 0) is 77.1 Å². The smallest absolute Gasteiger partial charge is 0.158 e. The molecule has 0 spiro atoms. The molecular formula is C35H33N3O. The predicted octanol–water partition coefficient (Wildman–Crippen LogP) is 9.32. The zero-order valence-corrected chi connectivity index (χ0v) is 22.7. The van der Waals surface area contributed by atoms with E-state index in [0.717, 1.165) is 72.3 Å². The van der Waals surface area contributed by atoms with Crippen LogP contribution in [0.25, 0.3) is 22.3 Å². The summed E-state index contributed by atoms with van der Waals surface area (Å²) in [5.74, 6) is 1.13. The van der Waals surface area contributed by atoms with Gasteiger partial charge in [0.25, 0.3) is 0 Å². The van der Waals surface area contributed by atoms with E-state index in [-0.39, 0.29) is 5.41 Å². The first kappa shape index (κ1) is 26.2. The van der Waals surface area contributed by atoms with Gasteiger partial charge in [0, 0.05) is 28.9 Å². The van der Waals surface area contributed by atoms with E-state index in [1.165, 1.54) is 16.7 Å². The van der Waals surface area contributed by atoms with E-state index < -0.39 is 5.92 Å². The minimum absolute atomic E-state index is 0.152. The molecule has 0 saturated carbocycles. The number of hydrogen-bond acceptors (Lipinski definition) is 4. The lowest BCUT2D eigenvalue weighted by atomic mass is 9.65. The molecule has 0 unspecified atom stereocenters. The van der Waals surface area contributed by atoms with Gasteiger partial charge in [-0.25, -0.2) is 0 Å². The van der Waals surface area contributed by atoms with Gasteiger partial charge in [-0.3, -0.25) is 4.98 Å². The molecule has 0 N–H and O–H groups in total. The fourth-order valence-electron chi connectivity index (χ4n) is 5.82. The first-order valence-electron chi connectivity index (χ1n) is 13.9. The van der Waals surface area contributed by atoms with E-state index in [1.807, 2.05) is 36.7 Å². The number of unbranched alkanes of at least 4 members (excludes halogenated alkanes) is 2. The Morgan fingerprint density at radius 3 is 1.67 bits per heavy atom. The second kappa shape index (κ2) is 11.5. The maximum Gasteiger partial charge on any atom is 0.158 e. The highest BCUT2D eigenvalue weighted by molar-refractivity contribution is 5.72. The van der Waals surface area contributed by atoms with E-state index >= 15 is 0 Å². The fourth-order valence-corrected chi connectivity index (χ4v) is 5.82. The van der Waals surface area contributed by atoms with Gasteiger partial charge in [0.15, 0.2) is 5.92 Å². The summed E-state index contributed by atoms with van der Waals surface area (Å²) < 4.78 is 6.57. The number of ether oxygens (including phenoxy) is 1. The zero-order valence-electron chi connectivity index (χ0n) is 22.7. The quantitative estimate of drug-likeness (QED) is 0.224. The van der Waals surface area contributed by atoms with Crippen LogP contribution in [0.4, 0.5) is 0 Å². The Labute approximate surface area is 231 Å². The Morgan fingerprint density at radius 1 is 0.692 bits per heavy atom. The molecule has 194 valence electrons. The van der Waals surface area contributed by atoms with E-state index in [0.29, 0.717) is 0 Å². The van der Waals surface area contributed by atoms with Crippen LogP contribution in [0.1, 0.15) is 75.0 Å². The van der Waals surface area contributed by atoms with Crippen LogP contribution in [0, 0.1) is 22.7 Å². The summed E-state index contributed by atoms with van der Waals surface area (Å²) in [5.41, 5.74) is 7.59. The van der Waals surface area contributed by atoms with Crippen molar-refractivity contribution >= 4 is 0 Å². The minimum atomic E-state index is -0.752. The monoisotopic (exact) mass is 511 g/mol. The maximum atomic E-state index is 9.28. The Kier molecular flexibility index (Phi) is 7.76. The van der Waals surface area contributed by atoms with Gasteiger partial charge < -0.3 is 4.74 Å². The lowest BCUT2D eigenvalue weighted by molar-refractivity contribution is 0.343. The number of pyridine rings is 1. The zero-order chi connectivity index (χ0) is 27.2. The van der Waals surface area contributed by atoms with Gasteiger partial charge in [-0.2, -0.15) is 10.5 Å². The summed E-state index contributed by atoms with van der Waals surface area (Å²) >= 11 is 0. The van der Waals surface area contributed by atoms with Crippen molar-refractivity contribution in [3.63, 3.8) is 0 Å². The van der Waals surface area contributed by atoms with Crippen molar-refractivity contribution in [3.05, 3.63) is 102 Å². The molecule has 4 aromatic rings. The molecule has 0 bridgehead atoms. The fraction of sp³-hybridized carbons (Fsp3) is 0.286. The molecule has 0 fully saturated rings. The van der Waals surface area contributed by atoms with Crippen LogP contribution < -0.4 is 4.74 Å². The van der Waals surface area contributed by atoms with Gasteiger partial charge in [-0.15, -0.1) is 0 Å². The summed E-state index contributed by atoms with van der Waals surface area (Å²) in [4.78, 5) is 4.20. The van der Waals surface area contributed by atoms with Crippen molar-refractivity contribution in [1.82, 2.24) is 4.98 Å². The topological polar surface area (TPSA) is 69.7 Å². The Bertz CT molecular complexity index is 1510. The predicted molar refractivity (Wildman–Crippen MR) is 155 cm³/mol. The SMILES string of the molecule is CCCCC1(CCCC)c2cc(-c3ccncc3)ccc2Oc2ccc(-c3ccc(C(C#N)C#N)cc3)cc21. The van der Waals surface area contributed by atoms with E-state index in [1.54, 1.807) is 0 Å². The van der Waals surface area contributed by atoms with Crippen LogP contribution in [0.5, 0.6) is 11.5 Å². The van der Waals surface area contributed by atoms with Gasteiger partial charge in [-0.1, -0.05) is 75.9 Å². The number of aromatic nitrogens is 1. The molecule has 1 aromatic heterocycles. The summed E-state index contributed by atoms with van der Waals surface area (Å²) in [6.07, 6.45) is 10.3. The molecule has 1 aliphatic heterocycles. The van der Waals surface area contributed by atoms with Gasteiger partial charge in [0.2, 0.25) is 0 Å². The van der Waals surface area contributed by atoms with Crippen LogP contribution in [0.15, 0.2) is 85.2 Å². The van der Waals surface area contributed by atoms with Crippen LogP contribution in [0.3, 0.4) is 0 Å². The van der Waals surface area contributed by atoms with Gasteiger partial charge in [0.05, 0.1) is 12.1 Å². The van der Waals surface area contributed by atoms with E-state index in [4.69, 9.17) is 4.74 Å². The summed E-state index contributed by atoms with van der Waals surface area (Å²) in [6, 6.07) is 29.2. The average molecular weight is 512 g/mol. The third-order valence-electron chi connectivity index (χ3n) is 7.97. The number of nitriles is 2. The second-order valence-corrected chi connectivity index (χ2v) is 10.4. The van der Waals surface area contributed by atoms with Crippen molar-refractivity contribution in [2.24, 2.45) is 0 Å². The summed E-state index contributed by atoms with van der Waals surface area (Å²) in [5, 5.41) is 18.6. The third kappa shape index (κ3) is 5.04. The van der Waals surface area contributed by atoms with Crippen molar-refractivity contribution < 1.29 is 4.74 Å². The van der Waals surface area contributed by atoms with Gasteiger partial charge >= 0.3 is 0 Å². The van der Waals surface area contributed by atoms with Crippen LogP contribution >= 0.6 is 0 Å². The molecular weight excluding hydrogens is 478 g/mol.